The van der Waals surface area contributed by atoms with Crippen molar-refractivity contribution in [2.75, 3.05) is 0 Å². The standard InChI is InChI=1S/C30H40O2/c1-13-17-10-18(23(13)29(31)32)26-20-12-22(27(17)26)30(16-5-3-2-4-6-16)21-11-19(28(20)30)24-14-7-8-15(9-14)25(21)24/h7-8,13-28H,2-6,9-12H2,1H3,(H,31,32). The van der Waals surface area contributed by atoms with Crippen LogP contribution in [0.25, 0.3) is 0 Å². The molecule has 0 aliphatic heterocycles. The van der Waals surface area contributed by atoms with Crippen molar-refractivity contribution in [2.24, 2.45) is 100 Å². The summed E-state index contributed by atoms with van der Waals surface area (Å²) in [6, 6.07) is 0. The van der Waals surface area contributed by atoms with E-state index in [1.54, 1.807) is 6.42 Å². The Bertz CT molecular complexity index is 916. The first-order valence-corrected chi connectivity index (χ1v) is 14.5. The maximum Gasteiger partial charge on any atom is 0.307 e. The molecule has 0 aromatic heterocycles. The normalized spacial score (nSPS) is 66.8. The lowest BCUT2D eigenvalue weighted by atomic mass is 9.43. The molecule has 0 spiro atoms. The van der Waals surface area contributed by atoms with Crippen LogP contribution in [0, 0.1) is 100 Å². The third kappa shape index (κ3) is 1.72. The van der Waals surface area contributed by atoms with Gasteiger partial charge in [0.25, 0.3) is 0 Å². The quantitative estimate of drug-likeness (QED) is 0.421. The van der Waals surface area contributed by atoms with Gasteiger partial charge < -0.3 is 5.11 Å². The van der Waals surface area contributed by atoms with Crippen LogP contribution in [0.3, 0.4) is 0 Å². The summed E-state index contributed by atoms with van der Waals surface area (Å²) in [6.07, 6.45) is 18.6. The predicted molar refractivity (Wildman–Crippen MR) is 122 cm³/mol. The van der Waals surface area contributed by atoms with Gasteiger partial charge in [0.1, 0.15) is 0 Å². The molecule has 9 aliphatic rings. The first-order valence-electron chi connectivity index (χ1n) is 14.5. The van der Waals surface area contributed by atoms with Crippen molar-refractivity contribution in [1.29, 1.82) is 0 Å². The number of fused-ring (bicyclic) bond motifs is 23. The molecule has 2 heteroatoms. The fourth-order valence-corrected chi connectivity index (χ4v) is 14.8. The molecule has 2 nitrogen and oxygen atoms in total. The smallest absolute Gasteiger partial charge is 0.307 e. The topological polar surface area (TPSA) is 37.3 Å². The van der Waals surface area contributed by atoms with Crippen LogP contribution in [0.15, 0.2) is 12.2 Å². The lowest BCUT2D eigenvalue weighted by Gasteiger charge is -2.61. The average molecular weight is 433 g/mol. The van der Waals surface area contributed by atoms with E-state index in [0.717, 1.165) is 76.9 Å². The van der Waals surface area contributed by atoms with Gasteiger partial charge in [0, 0.05) is 0 Å². The minimum absolute atomic E-state index is 0.0264. The van der Waals surface area contributed by atoms with E-state index in [-0.39, 0.29) is 5.92 Å². The van der Waals surface area contributed by atoms with Crippen LogP contribution in [-0.4, -0.2) is 11.1 Å². The SMILES string of the molecule is CC1C2CC(C1C(=O)O)C1C3CC(C21)C1(C2CCCCC2)C2CC(C4C5C=CC(C5)C42)C31. The molecule has 8 fully saturated rings. The third-order valence-corrected chi connectivity index (χ3v) is 14.6. The second-order valence-electron chi connectivity index (χ2n) is 14.4. The van der Waals surface area contributed by atoms with E-state index >= 15 is 0 Å². The Hall–Kier alpha value is -0.790. The number of allylic oxidation sites excluding steroid dienone is 2. The van der Waals surface area contributed by atoms with Crippen LogP contribution < -0.4 is 0 Å². The molecule has 32 heavy (non-hydrogen) atoms. The van der Waals surface area contributed by atoms with Crippen molar-refractivity contribution in [2.45, 2.75) is 64.7 Å². The summed E-state index contributed by atoms with van der Waals surface area (Å²) in [5.41, 5.74) is 0.680. The van der Waals surface area contributed by atoms with Crippen LogP contribution in [0.5, 0.6) is 0 Å². The van der Waals surface area contributed by atoms with Crippen molar-refractivity contribution < 1.29 is 9.90 Å². The van der Waals surface area contributed by atoms with Gasteiger partial charge >= 0.3 is 5.97 Å². The second-order valence-corrected chi connectivity index (χ2v) is 14.4. The van der Waals surface area contributed by atoms with Crippen LogP contribution in [0.4, 0.5) is 0 Å². The number of carboxylic acid groups (broad SMARTS) is 1. The lowest BCUT2D eigenvalue weighted by Crippen LogP contribution is -2.58. The van der Waals surface area contributed by atoms with Gasteiger partial charge in [0.05, 0.1) is 5.92 Å². The van der Waals surface area contributed by atoms with Gasteiger partial charge in [0.2, 0.25) is 0 Å². The Balaban J connectivity index is 1.19. The molecular formula is C30H40O2. The highest BCUT2D eigenvalue weighted by molar-refractivity contribution is 5.71. The fraction of sp³-hybridized carbons (Fsp3) is 0.900. The Kier molecular flexibility index (Phi) is 3.30. The van der Waals surface area contributed by atoms with Crippen LogP contribution >= 0.6 is 0 Å². The number of aliphatic carboxylic acids is 1. The first-order chi connectivity index (χ1) is 15.6. The number of carboxylic acids is 1. The summed E-state index contributed by atoms with van der Waals surface area (Å²) in [5.74, 6) is 12.7. The third-order valence-electron chi connectivity index (χ3n) is 14.6. The van der Waals surface area contributed by atoms with E-state index in [1.165, 1.54) is 51.4 Å². The maximum absolute atomic E-state index is 12.3. The van der Waals surface area contributed by atoms with Crippen molar-refractivity contribution in [3.05, 3.63) is 12.2 Å². The van der Waals surface area contributed by atoms with Crippen LogP contribution in [0.2, 0.25) is 0 Å². The Labute approximate surface area is 193 Å². The Morgan fingerprint density at radius 3 is 2.22 bits per heavy atom. The largest absolute Gasteiger partial charge is 0.481 e. The van der Waals surface area contributed by atoms with Gasteiger partial charge in [-0.15, -0.1) is 0 Å². The molecular weight excluding hydrogens is 392 g/mol. The predicted octanol–water partition coefficient (Wildman–Crippen LogP) is 6.13. The molecule has 0 aromatic carbocycles. The molecule has 0 saturated heterocycles. The molecule has 0 heterocycles. The van der Waals surface area contributed by atoms with E-state index in [1.807, 2.05) is 0 Å². The van der Waals surface area contributed by atoms with E-state index in [0.29, 0.717) is 17.3 Å². The zero-order valence-corrected chi connectivity index (χ0v) is 19.6. The maximum atomic E-state index is 12.3. The molecule has 0 aromatic rings. The highest BCUT2D eigenvalue weighted by Gasteiger charge is 2.83. The van der Waals surface area contributed by atoms with Crippen molar-refractivity contribution in [3.8, 4) is 0 Å². The van der Waals surface area contributed by atoms with Gasteiger partial charge in [0.15, 0.2) is 0 Å². The molecule has 8 bridgehead atoms. The van der Waals surface area contributed by atoms with Gasteiger partial charge in [-0.05, 0) is 133 Å². The number of carbonyl (C=O) groups is 1. The molecule has 8 saturated carbocycles. The van der Waals surface area contributed by atoms with Gasteiger partial charge in [-0.25, -0.2) is 0 Å². The van der Waals surface area contributed by atoms with E-state index in [4.69, 9.17) is 0 Å². The molecule has 16 unspecified atom stereocenters. The molecule has 0 amide bonds. The molecule has 1 N–H and O–H groups in total. The fourth-order valence-electron chi connectivity index (χ4n) is 14.8. The first kappa shape index (κ1) is 18.5. The van der Waals surface area contributed by atoms with E-state index < -0.39 is 5.97 Å². The summed E-state index contributed by atoms with van der Waals surface area (Å²) in [4.78, 5) is 12.3. The van der Waals surface area contributed by atoms with Gasteiger partial charge in [-0.1, -0.05) is 38.3 Å². The van der Waals surface area contributed by atoms with E-state index in [9.17, 15) is 9.90 Å². The molecule has 172 valence electrons. The van der Waals surface area contributed by atoms with Crippen molar-refractivity contribution in [3.63, 3.8) is 0 Å². The van der Waals surface area contributed by atoms with E-state index in [2.05, 4.69) is 19.1 Å². The number of hydrogen-bond donors (Lipinski definition) is 1. The van der Waals surface area contributed by atoms with Gasteiger partial charge in [-0.3, -0.25) is 4.79 Å². The lowest BCUT2D eigenvalue weighted by molar-refractivity contribution is -0.159. The molecule has 0 radical (unpaired) electrons. The zero-order chi connectivity index (χ0) is 21.1. The summed E-state index contributed by atoms with van der Waals surface area (Å²) >= 11 is 0. The highest BCUT2D eigenvalue weighted by atomic mass is 16.4. The molecule has 9 rings (SSSR count). The average Bonchev–Trinajstić information content (AvgIpc) is 3.62. The number of rotatable bonds is 2. The minimum Gasteiger partial charge on any atom is -0.481 e. The summed E-state index contributed by atoms with van der Waals surface area (Å²) < 4.78 is 0. The number of hydrogen-bond acceptors (Lipinski definition) is 1. The molecule has 9 aliphatic carbocycles. The minimum atomic E-state index is -0.462. The summed E-state index contributed by atoms with van der Waals surface area (Å²) in [6.45, 7) is 2.33. The highest BCUT2D eigenvalue weighted by Crippen LogP contribution is 2.87. The summed E-state index contributed by atoms with van der Waals surface area (Å²) in [7, 11) is 0. The van der Waals surface area contributed by atoms with Crippen molar-refractivity contribution >= 4 is 5.97 Å². The Morgan fingerprint density at radius 1 is 0.781 bits per heavy atom. The second kappa shape index (κ2) is 5.71. The monoisotopic (exact) mass is 432 g/mol. The zero-order valence-electron chi connectivity index (χ0n) is 19.6. The van der Waals surface area contributed by atoms with Crippen molar-refractivity contribution in [1.82, 2.24) is 0 Å². The summed E-state index contributed by atoms with van der Waals surface area (Å²) in [5, 5.41) is 10.1. The molecule has 16 atom stereocenters. The Morgan fingerprint density at radius 2 is 1.47 bits per heavy atom. The van der Waals surface area contributed by atoms with Gasteiger partial charge in [-0.2, -0.15) is 0 Å². The van der Waals surface area contributed by atoms with Crippen LogP contribution in [0.1, 0.15) is 64.7 Å². The van der Waals surface area contributed by atoms with Crippen LogP contribution in [-0.2, 0) is 4.79 Å².